The number of anilines is 2. The molecule has 1 unspecified atom stereocenters. The average Bonchev–Trinajstić information content (AvgIpc) is 2.00. The van der Waals surface area contributed by atoms with E-state index in [1.165, 1.54) is 23.6 Å². The predicted octanol–water partition coefficient (Wildman–Crippen LogP) is 5.53. The van der Waals surface area contributed by atoms with Crippen LogP contribution < -0.4 is 26.0 Å². The fourth-order valence-electron chi connectivity index (χ4n) is 9.81. The molecule has 3 atom stereocenters. The van der Waals surface area contributed by atoms with Crippen molar-refractivity contribution in [3.05, 3.63) is 88.9 Å². The molecular formula is C62H83N11O14S. The van der Waals surface area contributed by atoms with Crippen LogP contribution in [-0.2, 0) is 75.3 Å². The molecule has 0 radical (unpaired) electrons. The molecule has 7 amide bonds. The second-order valence-electron chi connectivity index (χ2n) is 22.3. The van der Waals surface area contributed by atoms with E-state index in [2.05, 4.69) is 37.8 Å². The number of benzene rings is 1. The van der Waals surface area contributed by atoms with Crippen LogP contribution in [0.2, 0.25) is 0 Å². The van der Waals surface area contributed by atoms with Crippen LogP contribution in [0, 0.1) is 19.8 Å². The molecule has 25 nitrogen and oxygen atoms in total. The number of aliphatic imine (C=N–C) groups is 1. The van der Waals surface area contributed by atoms with Crippen molar-refractivity contribution in [1.29, 1.82) is 0 Å². The molecule has 3 aliphatic heterocycles. The van der Waals surface area contributed by atoms with Gasteiger partial charge in [-0.1, -0.05) is 26.0 Å². The first-order valence-electron chi connectivity index (χ1n) is 29.4. The number of nitrogens with zero attached hydrogens (tertiary/aromatic N) is 7. The van der Waals surface area contributed by atoms with Gasteiger partial charge in [-0.05, 0) is 88.0 Å². The van der Waals surface area contributed by atoms with Crippen LogP contribution in [0.25, 0.3) is 0 Å². The lowest BCUT2D eigenvalue weighted by atomic mass is 10.0. The zero-order chi connectivity index (χ0) is 64.2. The van der Waals surface area contributed by atoms with Crippen molar-refractivity contribution in [2.24, 2.45) is 32.1 Å². The number of rotatable bonds is 32. The van der Waals surface area contributed by atoms with Gasteiger partial charge >= 0.3 is 5.97 Å². The summed E-state index contributed by atoms with van der Waals surface area (Å²) in [5.74, 6) is -0.534. The first kappa shape index (κ1) is 68.9. The van der Waals surface area contributed by atoms with E-state index in [1.807, 2.05) is 48.7 Å². The molecule has 3 aliphatic rings. The maximum atomic E-state index is 12.9. The summed E-state index contributed by atoms with van der Waals surface area (Å²) in [5, 5.41) is 10.7. The van der Waals surface area contributed by atoms with Crippen LogP contribution >= 0.6 is 11.8 Å². The molecule has 0 saturated carbocycles. The second-order valence-corrected chi connectivity index (χ2v) is 23.3. The van der Waals surface area contributed by atoms with E-state index in [0.29, 0.717) is 85.3 Å². The third kappa shape index (κ3) is 20.2. The normalized spacial score (nSPS) is 15.5. The van der Waals surface area contributed by atoms with E-state index >= 15 is 0 Å². The molecule has 4 N–H and O–H groups in total. The standard InChI is InChI=1S/C39H56N6O11S.C23H27N5O3/c1-25(2)35(42-33(48)11-16-55-18-17-54-14-7-9-29(47)10-13-45-34(49)22-32(57-6)38(45)52)39(53)56-15-8-12-40-36(50)31-21-28(24-44(31)5)41-37(51)30-20-27(19-26(3)46)23-43(30)4;1-14-8-17-11-24-19-10-20(15(2)9-18(19)23(30)28(17)12-14)31-7-5-6-22(29)26-21-13-27(4)16(3)25-21/h20-21,23-25,32,35H,7-19,22H2,1-6H3,(H,40,50)(H,41,51)(H,42,48);9-11,13,17H,1,5-8,12H2,2-4H3,(H,26,29)/t32?,35-;17-/m01/s1. The fraction of sp³-hybridized carbons (Fsp3) is 0.516. The highest BCUT2D eigenvalue weighted by molar-refractivity contribution is 8.00. The lowest BCUT2D eigenvalue weighted by Gasteiger charge is -2.21. The number of carbonyl (C=O) groups excluding carboxylic acids is 10. The zero-order valence-corrected chi connectivity index (χ0v) is 52.6. The molecule has 1 aromatic carbocycles. The highest BCUT2D eigenvalue weighted by Gasteiger charge is 2.38. The summed E-state index contributed by atoms with van der Waals surface area (Å²) < 4.78 is 27.3. The van der Waals surface area contributed by atoms with Crippen molar-refractivity contribution in [2.75, 3.05) is 76.2 Å². The molecule has 2 fully saturated rings. The topological polar surface area (TPSA) is 302 Å². The van der Waals surface area contributed by atoms with Gasteiger partial charge in [0.15, 0.2) is 5.82 Å². The Kier molecular flexibility index (Phi) is 26.0. The number of imidazole rings is 1. The summed E-state index contributed by atoms with van der Waals surface area (Å²) in [6.45, 7) is 15.1. The predicted molar refractivity (Wildman–Crippen MR) is 331 cm³/mol. The second kappa shape index (κ2) is 33.2. The number of nitrogens with one attached hydrogen (secondary N) is 4. The monoisotopic (exact) mass is 1240 g/mol. The Hall–Kier alpha value is -8.23. The summed E-state index contributed by atoms with van der Waals surface area (Å²) in [6.07, 6.45) is 12.0. The average molecular weight is 1240 g/mol. The molecular weight excluding hydrogens is 1150 g/mol. The number of hydrogen-bond acceptors (Lipinski definition) is 17. The number of aromatic nitrogens is 4. The van der Waals surface area contributed by atoms with Gasteiger partial charge < -0.3 is 58.8 Å². The molecule has 3 aromatic heterocycles. The summed E-state index contributed by atoms with van der Waals surface area (Å²) in [5.41, 5.74) is 4.96. The fourth-order valence-corrected chi connectivity index (χ4v) is 10.5. The van der Waals surface area contributed by atoms with Crippen molar-refractivity contribution in [3.8, 4) is 5.75 Å². The smallest absolute Gasteiger partial charge is 0.328 e. The molecule has 4 aromatic rings. The SMILES string of the molecule is C=C1C[C@@H]2C=Nc3cc(OCCCC(=O)Nc4cn(C)c(C)n4)c(C)cc3C(=O)N2C1.CSC1CC(=O)N(CCC(=O)CCCOCCOCCC(=O)N[C@H](C(=O)OCCCNC(=O)c2cc(NC(=O)c3cc(CC(C)=O)cn3C)cn2C)C(C)C)C1=O. The van der Waals surface area contributed by atoms with E-state index in [9.17, 15) is 47.9 Å². The number of esters is 1. The Bertz CT molecular complexity index is 3230. The third-order valence-corrected chi connectivity index (χ3v) is 15.6. The van der Waals surface area contributed by atoms with Crippen LogP contribution in [0.15, 0.2) is 60.0 Å². The summed E-state index contributed by atoms with van der Waals surface area (Å²) in [6, 6.07) is 5.96. The lowest BCUT2D eigenvalue weighted by molar-refractivity contribution is -0.149. The maximum absolute atomic E-state index is 12.9. The van der Waals surface area contributed by atoms with Gasteiger partial charge in [0.2, 0.25) is 23.6 Å². The summed E-state index contributed by atoms with van der Waals surface area (Å²) in [7, 11) is 5.27. The summed E-state index contributed by atoms with van der Waals surface area (Å²) >= 11 is 1.34. The number of amides is 7. The largest absolute Gasteiger partial charge is 0.493 e. The van der Waals surface area contributed by atoms with Crippen LogP contribution in [0.3, 0.4) is 0 Å². The molecule has 6 heterocycles. The molecule has 2 saturated heterocycles. The van der Waals surface area contributed by atoms with E-state index in [4.69, 9.17) is 18.9 Å². The Labute approximate surface area is 517 Å². The third-order valence-electron chi connectivity index (χ3n) is 14.7. The van der Waals surface area contributed by atoms with Crippen molar-refractivity contribution in [2.45, 2.75) is 116 Å². The number of ketones is 2. The number of thioether (sulfide) groups is 1. The number of ether oxygens (including phenoxy) is 4. The van der Waals surface area contributed by atoms with Gasteiger partial charge in [0.1, 0.15) is 40.6 Å². The first-order valence-corrected chi connectivity index (χ1v) is 30.7. The van der Waals surface area contributed by atoms with Crippen molar-refractivity contribution < 1.29 is 66.9 Å². The Balaban J connectivity index is 0.000000332. The number of imide groups is 1. The number of likely N-dealkylation sites (tertiary alicyclic amines) is 1. The summed E-state index contributed by atoms with van der Waals surface area (Å²) in [4.78, 5) is 136. The number of carbonyl (C=O) groups is 10. The van der Waals surface area contributed by atoms with Crippen molar-refractivity contribution in [3.63, 3.8) is 0 Å². The van der Waals surface area contributed by atoms with Crippen LogP contribution in [0.1, 0.15) is 127 Å². The van der Waals surface area contributed by atoms with Crippen LogP contribution in [-0.4, -0.2) is 176 Å². The minimum atomic E-state index is -0.866. The minimum absolute atomic E-state index is 0.00920. The number of fused-ring (bicyclic) bond motifs is 2. The molecule has 476 valence electrons. The van der Waals surface area contributed by atoms with Gasteiger partial charge in [0.05, 0.1) is 61.3 Å². The Morgan fingerprint density at radius 3 is 2.18 bits per heavy atom. The lowest BCUT2D eigenvalue weighted by Crippen LogP contribution is -2.45. The molecule has 0 aliphatic carbocycles. The quantitative estimate of drug-likeness (QED) is 0.0202. The van der Waals surface area contributed by atoms with Crippen LogP contribution in [0.4, 0.5) is 17.2 Å². The maximum Gasteiger partial charge on any atom is 0.328 e. The van der Waals surface area contributed by atoms with E-state index in [0.717, 1.165) is 28.9 Å². The molecule has 26 heteroatoms. The highest BCUT2D eigenvalue weighted by atomic mass is 32.2. The number of aryl methyl sites for hydroxylation is 5. The molecule has 7 rings (SSSR count). The molecule has 0 spiro atoms. The zero-order valence-electron chi connectivity index (χ0n) is 51.8. The molecule has 88 heavy (non-hydrogen) atoms. The Morgan fingerprint density at radius 2 is 1.49 bits per heavy atom. The van der Waals surface area contributed by atoms with Gasteiger partial charge in [-0.2, -0.15) is 11.8 Å². The Morgan fingerprint density at radius 1 is 0.773 bits per heavy atom. The van der Waals surface area contributed by atoms with E-state index in [-0.39, 0.29) is 142 Å². The highest BCUT2D eigenvalue weighted by Crippen LogP contribution is 2.35. The number of Topliss-reactive ketones (excluding diaryl/α,β-unsaturated/α-hetero) is 2. The van der Waals surface area contributed by atoms with Gasteiger partial charge in [0.25, 0.3) is 17.7 Å². The van der Waals surface area contributed by atoms with Gasteiger partial charge in [0, 0.05) is 117 Å². The van der Waals surface area contributed by atoms with E-state index < -0.39 is 12.0 Å². The van der Waals surface area contributed by atoms with Crippen LogP contribution in [0.5, 0.6) is 5.75 Å². The van der Waals surface area contributed by atoms with Crippen molar-refractivity contribution >= 4 is 94.1 Å². The van der Waals surface area contributed by atoms with Crippen molar-refractivity contribution in [1.82, 2.24) is 39.1 Å². The first-order chi connectivity index (χ1) is 41.9. The molecule has 0 bridgehead atoms. The van der Waals surface area contributed by atoms with Gasteiger partial charge in [-0.25, -0.2) is 9.78 Å². The van der Waals surface area contributed by atoms with Gasteiger partial charge in [-0.3, -0.25) is 53.0 Å². The number of hydrogen-bond donors (Lipinski definition) is 4. The minimum Gasteiger partial charge on any atom is -0.493 e. The van der Waals surface area contributed by atoms with Gasteiger partial charge in [-0.15, -0.1) is 0 Å². The van der Waals surface area contributed by atoms with E-state index in [1.54, 1.807) is 74.1 Å².